The van der Waals surface area contributed by atoms with Crippen molar-refractivity contribution >= 4 is 17.7 Å². The van der Waals surface area contributed by atoms with E-state index in [1.165, 1.54) is 19.4 Å². The second-order valence-corrected chi connectivity index (χ2v) is 4.24. The number of aliphatic imine (C=N–C) groups is 1. The summed E-state index contributed by atoms with van der Waals surface area (Å²) >= 11 is 0. The van der Waals surface area contributed by atoms with Crippen molar-refractivity contribution in [2.24, 2.45) is 4.99 Å². The summed E-state index contributed by atoms with van der Waals surface area (Å²) in [5, 5.41) is 20.8. The van der Waals surface area contributed by atoms with Crippen molar-refractivity contribution in [2.45, 2.75) is 6.92 Å². The third-order valence-electron chi connectivity index (χ3n) is 2.73. The average molecular weight is 287 g/mol. The van der Waals surface area contributed by atoms with E-state index >= 15 is 0 Å². The predicted octanol–water partition coefficient (Wildman–Crippen LogP) is 2.76. The maximum absolute atomic E-state index is 10.9. The Morgan fingerprint density at radius 2 is 2.19 bits per heavy atom. The molecule has 0 fully saturated rings. The number of hydrogen-bond donors (Lipinski definition) is 1. The normalized spacial score (nSPS) is 10.8. The van der Waals surface area contributed by atoms with Gasteiger partial charge in [0.25, 0.3) is 0 Å². The lowest BCUT2D eigenvalue weighted by molar-refractivity contribution is -0.385. The smallest absolute Gasteiger partial charge is 0.315 e. The fourth-order valence-electron chi connectivity index (χ4n) is 1.71. The molecule has 7 nitrogen and oxygen atoms in total. The molecule has 0 aliphatic rings. The van der Waals surface area contributed by atoms with Crippen molar-refractivity contribution in [1.82, 2.24) is 4.98 Å². The maximum atomic E-state index is 10.9. The Labute approximate surface area is 120 Å². The second-order valence-electron chi connectivity index (χ2n) is 4.24. The van der Waals surface area contributed by atoms with E-state index in [0.29, 0.717) is 5.82 Å². The average Bonchev–Trinajstić information content (AvgIpc) is 2.46. The minimum Gasteiger partial charge on any atom is -0.502 e. The van der Waals surface area contributed by atoms with Crippen LogP contribution in [0.4, 0.5) is 11.5 Å². The van der Waals surface area contributed by atoms with Gasteiger partial charge in [-0.25, -0.2) is 9.98 Å². The molecule has 0 radical (unpaired) electrons. The maximum Gasteiger partial charge on any atom is 0.315 e. The van der Waals surface area contributed by atoms with Gasteiger partial charge in [-0.3, -0.25) is 10.1 Å². The molecule has 1 N–H and O–H groups in total. The van der Waals surface area contributed by atoms with Crippen molar-refractivity contribution in [3.8, 4) is 11.5 Å². The topological polar surface area (TPSA) is 97.9 Å². The van der Waals surface area contributed by atoms with E-state index in [4.69, 9.17) is 4.74 Å². The van der Waals surface area contributed by atoms with Crippen LogP contribution in [-0.4, -0.2) is 28.3 Å². The van der Waals surface area contributed by atoms with Gasteiger partial charge in [-0.2, -0.15) is 0 Å². The summed E-state index contributed by atoms with van der Waals surface area (Å²) in [6.45, 7) is 1.83. The van der Waals surface area contributed by atoms with E-state index in [-0.39, 0.29) is 11.3 Å². The quantitative estimate of drug-likeness (QED) is 0.529. The molecule has 0 bridgehead atoms. The van der Waals surface area contributed by atoms with Crippen LogP contribution < -0.4 is 4.74 Å². The van der Waals surface area contributed by atoms with Gasteiger partial charge < -0.3 is 9.84 Å². The van der Waals surface area contributed by atoms with Crippen molar-refractivity contribution < 1.29 is 14.8 Å². The van der Waals surface area contributed by atoms with Gasteiger partial charge in [0.2, 0.25) is 5.75 Å². The second kappa shape index (κ2) is 6.00. The molecule has 1 aromatic heterocycles. The number of ether oxygens (including phenoxy) is 1. The highest BCUT2D eigenvalue weighted by molar-refractivity contribution is 5.88. The number of aryl methyl sites for hydroxylation is 1. The number of rotatable bonds is 4. The van der Waals surface area contributed by atoms with Gasteiger partial charge >= 0.3 is 5.69 Å². The van der Waals surface area contributed by atoms with Crippen LogP contribution in [0.3, 0.4) is 0 Å². The minimum atomic E-state index is -0.680. The molecular weight excluding hydrogens is 274 g/mol. The summed E-state index contributed by atoms with van der Waals surface area (Å²) in [5.41, 5.74) is 0.544. The van der Waals surface area contributed by atoms with Crippen LogP contribution >= 0.6 is 0 Å². The van der Waals surface area contributed by atoms with Gasteiger partial charge in [-0.1, -0.05) is 6.07 Å². The summed E-state index contributed by atoms with van der Waals surface area (Å²) in [6, 6.07) is 7.92. The Morgan fingerprint density at radius 3 is 2.81 bits per heavy atom. The first-order valence-corrected chi connectivity index (χ1v) is 6.04. The van der Waals surface area contributed by atoms with Crippen LogP contribution in [0.5, 0.6) is 11.5 Å². The number of nitro groups is 1. The fourth-order valence-corrected chi connectivity index (χ4v) is 1.71. The van der Waals surface area contributed by atoms with Gasteiger partial charge in [0.05, 0.1) is 18.1 Å². The molecule has 2 rings (SSSR count). The highest BCUT2D eigenvalue weighted by Crippen LogP contribution is 2.33. The summed E-state index contributed by atoms with van der Waals surface area (Å²) in [5.74, 6) is 0.246. The minimum absolute atomic E-state index is 0.185. The molecule has 2 aromatic rings. The molecule has 0 saturated carbocycles. The van der Waals surface area contributed by atoms with Gasteiger partial charge in [0, 0.05) is 17.5 Å². The summed E-state index contributed by atoms with van der Waals surface area (Å²) < 4.78 is 4.98. The molecule has 0 unspecified atom stereocenters. The number of benzene rings is 1. The third kappa shape index (κ3) is 3.33. The summed E-state index contributed by atoms with van der Waals surface area (Å²) in [7, 11) is 1.39. The predicted molar refractivity (Wildman–Crippen MR) is 77.5 cm³/mol. The van der Waals surface area contributed by atoms with Crippen molar-refractivity contribution in [3.63, 3.8) is 0 Å². The highest BCUT2D eigenvalue weighted by atomic mass is 16.6. The van der Waals surface area contributed by atoms with E-state index < -0.39 is 16.4 Å². The third-order valence-corrected chi connectivity index (χ3v) is 2.73. The number of phenolic OH excluding ortho intramolecular Hbond substituents is 1. The number of aromatic hydroxyl groups is 1. The Kier molecular flexibility index (Phi) is 4.13. The SMILES string of the molecule is COc1cc(/C=N/c2cccc(C)n2)c(O)c([N+](=O)[O-])c1. The molecule has 21 heavy (non-hydrogen) atoms. The zero-order valence-electron chi connectivity index (χ0n) is 11.5. The number of phenols is 1. The van der Waals surface area contributed by atoms with Gasteiger partial charge in [0.15, 0.2) is 5.82 Å². The first-order valence-electron chi connectivity index (χ1n) is 6.04. The number of hydrogen-bond acceptors (Lipinski definition) is 6. The lowest BCUT2D eigenvalue weighted by Crippen LogP contribution is -1.95. The van der Waals surface area contributed by atoms with E-state index in [1.807, 2.05) is 13.0 Å². The monoisotopic (exact) mass is 287 g/mol. The van der Waals surface area contributed by atoms with Crippen LogP contribution in [0.1, 0.15) is 11.3 Å². The van der Waals surface area contributed by atoms with Crippen molar-refractivity contribution in [1.29, 1.82) is 0 Å². The molecule has 0 aliphatic carbocycles. The molecular formula is C14H13N3O4. The molecule has 7 heteroatoms. The molecule has 0 atom stereocenters. The molecule has 1 heterocycles. The highest BCUT2D eigenvalue weighted by Gasteiger charge is 2.18. The van der Waals surface area contributed by atoms with E-state index in [2.05, 4.69) is 9.98 Å². The standard InChI is InChI=1S/C14H13N3O4/c1-9-4-3-5-13(16-9)15-8-10-6-11(21-2)7-12(14(10)18)17(19)20/h3-8,18H,1-2H3/b15-8+. The van der Waals surface area contributed by atoms with E-state index in [1.54, 1.807) is 12.1 Å². The van der Waals surface area contributed by atoms with Crippen molar-refractivity contribution in [2.75, 3.05) is 7.11 Å². The van der Waals surface area contributed by atoms with Crippen molar-refractivity contribution in [3.05, 3.63) is 51.7 Å². The van der Waals surface area contributed by atoms with Crippen LogP contribution in [0, 0.1) is 17.0 Å². The van der Waals surface area contributed by atoms with Crippen LogP contribution in [0.25, 0.3) is 0 Å². The van der Waals surface area contributed by atoms with Crippen LogP contribution in [-0.2, 0) is 0 Å². The Hall–Kier alpha value is -2.96. The molecule has 108 valence electrons. The number of pyridine rings is 1. The summed E-state index contributed by atoms with van der Waals surface area (Å²) in [4.78, 5) is 18.5. The van der Waals surface area contributed by atoms with Gasteiger partial charge in [-0.05, 0) is 25.1 Å². The van der Waals surface area contributed by atoms with Gasteiger partial charge in [-0.15, -0.1) is 0 Å². The molecule has 0 saturated heterocycles. The Morgan fingerprint density at radius 1 is 1.43 bits per heavy atom. The lowest BCUT2D eigenvalue weighted by atomic mass is 10.1. The first kappa shape index (κ1) is 14.4. The zero-order chi connectivity index (χ0) is 15.4. The first-order chi connectivity index (χ1) is 10.0. The largest absolute Gasteiger partial charge is 0.502 e. The number of nitro benzene ring substituents is 1. The summed E-state index contributed by atoms with van der Waals surface area (Å²) in [6.07, 6.45) is 1.31. The number of nitrogens with zero attached hydrogens (tertiary/aromatic N) is 3. The van der Waals surface area contributed by atoms with E-state index in [9.17, 15) is 15.2 Å². The molecule has 1 aromatic carbocycles. The molecule has 0 amide bonds. The Bertz CT molecular complexity index is 713. The molecule has 0 spiro atoms. The van der Waals surface area contributed by atoms with E-state index in [0.717, 1.165) is 11.8 Å². The number of aromatic nitrogens is 1. The van der Waals surface area contributed by atoms with Gasteiger partial charge in [0.1, 0.15) is 5.75 Å². The number of methoxy groups -OCH3 is 1. The Balaban J connectivity index is 2.43. The molecule has 0 aliphatic heterocycles. The lowest BCUT2D eigenvalue weighted by Gasteiger charge is -2.04. The zero-order valence-corrected chi connectivity index (χ0v) is 11.5. The fraction of sp³-hybridized carbons (Fsp3) is 0.143. The van der Waals surface area contributed by atoms with Crippen LogP contribution in [0.15, 0.2) is 35.3 Å². The van der Waals surface area contributed by atoms with Crippen LogP contribution in [0.2, 0.25) is 0 Å².